The molecule has 0 aliphatic heterocycles. The van der Waals surface area contributed by atoms with E-state index in [-0.39, 0.29) is 5.91 Å². The lowest BCUT2D eigenvalue weighted by Crippen LogP contribution is -2.16. The van der Waals surface area contributed by atoms with Crippen LogP contribution in [0.5, 0.6) is 0 Å². The van der Waals surface area contributed by atoms with E-state index in [9.17, 15) is 9.59 Å². The van der Waals surface area contributed by atoms with Crippen LogP contribution in [0, 0.1) is 20.8 Å². The molecule has 23 heavy (non-hydrogen) atoms. The molecule has 122 valence electrons. The maximum absolute atomic E-state index is 12.2. The number of esters is 1. The minimum Gasteiger partial charge on any atom is -0.465 e. The molecule has 2 aromatic rings. The third-order valence-corrected chi connectivity index (χ3v) is 5.55. The van der Waals surface area contributed by atoms with Gasteiger partial charge in [-0.1, -0.05) is 17.7 Å². The van der Waals surface area contributed by atoms with Gasteiger partial charge in [0.2, 0.25) is 5.91 Å². The largest absolute Gasteiger partial charge is 0.465 e. The highest BCUT2D eigenvalue weighted by molar-refractivity contribution is 8.00. The summed E-state index contributed by atoms with van der Waals surface area (Å²) in [7, 11) is 1.34. The first-order valence-corrected chi connectivity index (χ1v) is 8.90. The number of hydrogen-bond acceptors (Lipinski definition) is 5. The van der Waals surface area contributed by atoms with Gasteiger partial charge >= 0.3 is 5.97 Å². The van der Waals surface area contributed by atoms with E-state index in [1.54, 1.807) is 0 Å². The van der Waals surface area contributed by atoms with Crippen molar-refractivity contribution in [3.05, 3.63) is 45.8 Å². The van der Waals surface area contributed by atoms with E-state index in [4.69, 9.17) is 4.74 Å². The van der Waals surface area contributed by atoms with Gasteiger partial charge in [-0.2, -0.15) is 0 Å². The molecule has 0 aliphatic rings. The van der Waals surface area contributed by atoms with Crippen molar-refractivity contribution in [3.63, 3.8) is 0 Å². The molecule has 6 heteroatoms. The Bertz CT molecular complexity index is 720. The highest BCUT2D eigenvalue weighted by Crippen LogP contribution is 2.33. The average Bonchev–Trinajstić information content (AvgIpc) is 2.80. The zero-order valence-electron chi connectivity index (χ0n) is 13.6. The molecule has 1 aromatic carbocycles. The van der Waals surface area contributed by atoms with Gasteiger partial charge < -0.3 is 10.1 Å². The second kappa shape index (κ2) is 7.66. The molecule has 0 bridgehead atoms. The Morgan fingerprint density at radius 3 is 2.43 bits per heavy atom. The van der Waals surface area contributed by atoms with Crippen LogP contribution in [-0.4, -0.2) is 24.7 Å². The van der Waals surface area contributed by atoms with Crippen LogP contribution in [0.4, 0.5) is 5.00 Å². The Morgan fingerprint density at radius 2 is 1.83 bits per heavy atom. The topological polar surface area (TPSA) is 55.4 Å². The van der Waals surface area contributed by atoms with Crippen molar-refractivity contribution in [1.29, 1.82) is 0 Å². The number of nitrogens with one attached hydrogen (secondary N) is 1. The first-order valence-electron chi connectivity index (χ1n) is 7.10. The standard InChI is InChI=1S/C17H19NO3S2/c1-10-5-7-13(8-6-10)22-9-14(19)18-16-15(17(20)21-4)11(2)12(3)23-16/h5-8H,9H2,1-4H3,(H,18,19). The molecule has 0 radical (unpaired) electrons. The second-order valence-electron chi connectivity index (χ2n) is 5.13. The van der Waals surface area contributed by atoms with Gasteiger partial charge in [0, 0.05) is 9.77 Å². The highest BCUT2D eigenvalue weighted by Gasteiger charge is 2.21. The lowest BCUT2D eigenvalue weighted by molar-refractivity contribution is -0.113. The van der Waals surface area contributed by atoms with Crippen LogP contribution >= 0.6 is 23.1 Å². The molecule has 0 fully saturated rings. The quantitative estimate of drug-likeness (QED) is 0.649. The minimum atomic E-state index is -0.423. The van der Waals surface area contributed by atoms with E-state index in [2.05, 4.69) is 5.32 Å². The number of anilines is 1. The van der Waals surface area contributed by atoms with Crippen LogP contribution in [-0.2, 0) is 9.53 Å². The number of thioether (sulfide) groups is 1. The van der Waals surface area contributed by atoms with Gasteiger partial charge in [-0.25, -0.2) is 4.79 Å². The first kappa shape index (κ1) is 17.6. The number of hydrogen-bond donors (Lipinski definition) is 1. The van der Waals surface area contributed by atoms with Gasteiger partial charge in [0.15, 0.2) is 0 Å². The van der Waals surface area contributed by atoms with E-state index < -0.39 is 5.97 Å². The molecule has 1 amide bonds. The maximum atomic E-state index is 12.2. The Labute approximate surface area is 144 Å². The number of thiophene rings is 1. The summed E-state index contributed by atoms with van der Waals surface area (Å²) in [4.78, 5) is 26.1. The number of aryl methyl sites for hydroxylation is 2. The number of carbonyl (C=O) groups excluding carboxylic acids is 2. The van der Waals surface area contributed by atoms with Gasteiger partial charge in [0.05, 0.1) is 18.4 Å². The van der Waals surface area contributed by atoms with Crippen molar-refractivity contribution in [1.82, 2.24) is 0 Å². The summed E-state index contributed by atoms with van der Waals surface area (Å²) in [6.07, 6.45) is 0. The van der Waals surface area contributed by atoms with Gasteiger partial charge in [-0.05, 0) is 38.5 Å². The van der Waals surface area contributed by atoms with Crippen molar-refractivity contribution < 1.29 is 14.3 Å². The number of methoxy groups -OCH3 is 1. The fraction of sp³-hybridized carbons (Fsp3) is 0.294. The predicted octanol–water partition coefficient (Wildman–Crippen LogP) is 4.19. The SMILES string of the molecule is COC(=O)c1c(NC(=O)CSc2ccc(C)cc2)sc(C)c1C. The number of carbonyl (C=O) groups is 2. The van der Waals surface area contributed by atoms with Crippen molar-refractivity contribution in [3.8, 4) is 0 Å². The molecule has 2 rings (SSSR count). The fourth-order valence-corrected chi connectivity index (χ4v) is 3.77. The molecule has 0 spiro atoms. The van der Waals surface area contributed by atoms with Crippen LogP contribution in [0.1, 0.15) is 26.4 Å². The Morgan fingerprint density at radius 1 is 1.17 bits per heavy atom. The monoisotopic (exact) mass is 349 g/mol. The summed E-state index contributed by atoms with van der Waals surface area (Å²) in [6, 6.07) is 8.02. The molecule has 0 aliphatic carbocycles. The molecular formula is C17H19NO3S2. The van der Waals surface area contributed by atoms with E-state index in [1.807, 2.05) is 45.0 Å². The molecule has 0 saturated heterocycles. The van der Waals surface area contributed by atoms with Gasteiger partial charge in [-0.15, -0.1) is 23.1 Å². The van der Waals surface area contributed by atoms with Gasteiger partial charge in [0.25, 0.3) is 0 Å². The van der Waals surface area contributed by atoms with E-state index >= 15 is 0 Å². The Balaban J connectivity index is 2.04. The summed E-state index contributed by atoms with van der Waals surface area (Å²) < 4.78 is 4.80. The van der Waals surface area contributed by atoms with Crippen molar-refractivity contribution in [2.75, 3.05) is 18.2 Å². The number of benzene rings is 1. The van der Waals surface area contributed by atoms with Crippen molar-refractivity contribution in [2.24, 2.45) is 0 Å². The van der Waals surface area contributed by atoms with E-state index in [1.165, 1.54) is 35.8 Å². The number of amides is 1. The third kappa shape index (κ3) is 4.36. The van der Waals surface area contributed by atoms with Crippen LogP contribution in [0.3, 0.4) is 0 Å². The van der Waals surface area contributed by atoms with Gasteiger partial charge in [0.1, 0.15) is 5.00 Å². The molecule has 0 saturated carbocycles. The number of ether oxygens (including phenoxy) is 1. The lowest BCUT2D eigenvalue weighted by atomic mass is 10.1. The third-order valence-electron chi connectivity index (χ3n) is 3.42. The predicted molar refractivity (Wildman–Crippen MR) is 95.7 cm³/mol. The first-order chi connectivity index (χ1) is 10.9. The Kier molecular flexibility index (Phi) is 5.85. The van der Waals surface area contributed by atoms with Crippen LogP contribution in [0.15, 0.2) is 29.2 Å². The van der Waals surface area contributed by atoms with Gasteiger partial charge in [-0.3, -0.25) is 4.79 Å². The highest BCUT2D eigenvalue weighted by atomic mass is 32.2. The van der Waals surface area contributed by atoms with Crippen molar-refractivity contribution >= 4 is 40.0 Å². The van der Waals surface area contributed by atoms with Crippen molar-refractivity contribution in [2.45, 2.75) is 25.7 Å². The second-order valence-corrected chi connectivity index (χ2v) is 7.40. The van der Waals surface area contributed by atoms with Crippen LogP contribution in [0.25, 0.3) is 0 Å². The minimum absolute atomic E-state index is 0.137. The fourth-order valence-electron chi connectivity index (χ4n) is 2.01. The van der Waals surface area contributed by atoms with Crippen LogP contribution in [0.2, 0.25) is 0 Å². The summed E-state index contributed by atoms with van der Waals surface area (Å²) >= 11 is 2.86. The lowest BCUT2D eigenvalue weighted by Gasteiger charge is -2.06. The zero-order chi connectivity index (χ0) is 17.0. The average molecular weight is 349 g/mol. The molecule has 0 unspecified atom stereocenters. The normalized spacial score (nSPS) is 10.4. The van der Waals surface area contributed by atoms with E-state index in [0.717, 1.165) is 15.3 Å². The zero-order valence-corrected chi connectivity index (χ0v) is 15.2. The molecular weight excluding hydrogens is 330 g/mol. The van der Waals surface area contributed by atoms with E-state index in [0.29, 0.717) is 16.3 Å². The summed E-state index contributed by atoms with van der Waals surface area (Å²) in [5.41, 5.74) is 2.48. The summed E-state index contributed by atoms with van der Waals surface area (Å²) in [5.74, 6) is -0.269. The maximum Gasteiger partial charge on any atom is 0.341 e. The summed E-state index contributed by atoms with van der Waals surface area (Å²) in [6.45, 7) is 5.80. The number of rotatable bonds is 5. The molecule has 4 nitrogen and oxygen atoms in total. The molecule has 1 aromatic heterocycles. The molecule has 1 N–H and O–H groups in total. The smallest absolute Gasteiger partial charge is 0.341 e. The Hall–Kier alpha value is -1.79. The molecule has 1 heterocycles. The summed E-state index contributed by atoms with van der Waals surface area (Å²) in [5, 5.41) is 3.38. The van der Waals surface area contributed by atoms with Crippen LogP contribution < -0.4 is 5.32 Å². The molecule has 0 atom stereocenters.